The van der Waals surface area contributed by atoms with Crippen LogP contribution in [0.5, 0.6) is 0 Å². The summed E-state index contributed by atoms with van der Waals surface area (Å²) in [4.78, 5) is 41.6. The van der Waals surface area contributed by atoms with Crippen LogP contribution in [0.15, 0.2) is 36.9 Å². The zero-order chi connectivity index (χ0) is 18.5. The van der Waals surface area contributed by atoms with Crippen LogP contribution in [0, 0.1) is 0 Å². The van der Waals surface area contributed by atoms with E-state index >= 15 is 0 Å². The van der Waals surface area contributed by atoms with Crippen molar-refractivity contribution >= 4 is 29.8 Å². The van der Waals surface area contributed by atoms with Gasteiger partial charge in [0.15, 0.2) is 0 Å². The Morgan fingerprint density at radius 1 is 1.12 bits per heavy atom. The van der Waals surface area contributed by atoms with Crippen molar-refractivity contribution in [2.75, 3.05) is 32.8 Å². The number of ether oxygens (including phenoxy) is 2. The molecule has 9 heteroatoms. The van der Waals surface area contributed by atoms with Gasteiger partial charge in [0.25, 0.3) is 0 Å². The lowest BCUT2D eigenvalue weighted by molar-refractivity contribution is -0.108. The van der Waals surface area contributed by atoms with Gasteiger partial charge >= 0.3 is 12.2 Å². The van der Waals surface area contributed by atoms with Gasteiger partial charge in [-0.15, -0.1) is 11.3 Å². The Morgan fingerprint density at radius 2 is 1.72 bits per heavy atom. The van der Waals surface area contributed by atoms with E-state index in [1.165, 1.54) is 33.3 Å². The molecule has 1 heterocycles. The minimum absolute atomic E-state index is 0.0401. The summed E-state index contributed by atoms with van der Waals surface area (Å²) in [5.41, 5.74) is 0. The molecule has 0 aliphatic rings. The Labute approximate surface area is 150 Å². The van der Waals surface area contributed by atoms with Crippen molar-refractivity contribution in [3.63, 3.8) is 0 Å². The molecule has 0 saturated carbocycles. The van der Waals surface area contributed by atoms with E-state index in [-0.39, 0.29) is 39.4 Å². The molecule has 0 fully saturated rings. The molecule has 0 N–H and O–H groups in total. The largest absolute Gasteiger partial charge is 0.445 e. The van der Waals surface area contributed by atoms with Crippen molar-refractivity contribution in [2.45, 2.75) is 6.54 Å². The van der Waals surface area contributed by atoms with Gasteiger partial charge < -0.3 is 14.3 Å². The minimum atomic E-state index is -0.652. The van der Waals surface area contributed by atoms with Crippen LogP contribution in [0.25, 0.3) is 0 Å². The van der Waals surface area contributed by atoms with Crippen molar-refractivity contribution in [1.29, 1.82) is 0 Å². The molecule has 0 radical (unpaired) electrons. The number of amides is 2. The molecule has 0 unspecified atom stereocenters. The molecule has 0 aliphatic heterocycles. The van der Waals surface area contributed by atoms with E-state index < -0.39 is 12.2 Å². The summed E-state index contributed by atoms with van der Waals surface area (Å²) in [5, 5.41) is 2.53. The number of carbonyl (C=O) groups is 3. The maximum atomic E-state index is 12.2. The second-order valence-corrected chi connectivity index (χ2v) is 5.67. The highest BCUT2D eigenvalue weighted by Crippen LogP contribution is 2.10. The van der Waals surface area contributed by atoms with Crippen LogP contribution < -0.4 is 0 Å². The lowest BCUT2D eigenvalue weighted by Gasteiger charge is -2.25. The Morgan fingerprint density at radius 3 is 2.24 bits per heavy atom. The fraction of sp³-hybridized carbons (Fsp3) is 0.375. The van der Waals surface area contributed by atoms with Gasteiger partial charge in [0.05, 0.1) is 13.1 Å². The molecule has 0 saturated heterocycles. The van der Waals surface area contributed by atoms with Crippen LogP contribution in [0.2, 0.25) is 0 Å². The number of aldehydes is 1. The smallest absolute Gasteiger partial charge is 0.410 e. The maximum absolute atomic E-state index is 12.2. The molecule has 1 aromatic heterocycles. The molecule has 0 atom stereocenters. The molecule has 136 valence electrons. The van der Waals surface area contributed by atoms with Crippen molar-refractivity contribution in [1.82, 2.24) is 14.8 Å². The van der Waals surface area contributed by atoms with Gasteiger partial charge in [0.1, 0.15) is 24.5 Å². The Hall–Kier alpha value is -2.68. The molecular formula is C16H21N3O5S. The second-order valence-electron chi connectivity index (χ2n) is 4.69. The lowest BCUT2D eigenvalue weighted by atomic mass is 10.4. The van der Waals surface area contributed by atoms with E-state index in [2.05, 4.69) is 18.1 Å². The van der Waals surface area contributed by atoms with E-state index in [4.69, 9.17) is 9.47 Å². The van der Waals surface area contributed by atoms with E-state index in [0.29, 0.717) is 6.29 Å². The Kier molecular flexibility index (Phi) is 9.61. The van der Waals surface area contributed by atoms with Gasteiger partial charge in [0.2, 0.25) is 0 Å². The van der Waals surface area contributed by atoms with Crippen molar-refractivity contribution in [3.8, 4) is 0 Å². The van der Waals surface area contributed by atoms with Crippen LogP contribution >= 0.6 is 11.3 Å². The summed E-state index contributed by atoms with van der Waals surface area (Å²) in [6.45, 7) is 7.45. The Bertz CT molecular complexity index is 576. The first-order valence-electron chi connectivity index (χ1n) is 7.49. The van der Waals surface area contributed by atoms with Crippen LogP contribution in [-0.4, -0.2) is 66.1 Å². The number of hydrogen-bond acceptors (Lipinski definition) is 7. The van der Waals surface area contributed by atoms with Gasteiger partial charge in [-0.05, 0) is 0 Å². The van der Waals surface area contributed by atoms with Crippen LogP contribution in [0.3, 0.4) is 0 Å². The van der Waals surface area contributed by atoms with E-state index in [1.807, 2.05) is 0 Å². The molecule has 1 aromatic rings. The van der Waals surface area contributed by atoms with Gasteiger partial charge in [-0.3, -0.25) is 9.80 Å². The standard InChI is InChI=1S/C16H21N3O5S/c1-3-10-23-15(21)18(8-9-20)6-7-19(16(22)24-11-4-2)13-14-17-5-12-25-14/h3-5,9,12H,1-2,6-8,10-11,13H2. The molecule has 0 spiro atoms. The summed E-state index contributed by atoms with van der Waals surface area (Å²) >= 11 is 1.40. The normalized spacial score (nSPS) is 9.76. The van der Waals surface area contributed by atoms with Crippen LogP contribution in [0.1, 0.15) is 5.01 Å². The zero-order valence-corrected chi connectivity index (χ0v) is 14.7. The summed E-state index contributed by atoms with van der Waals surface area (Å²) in [6.07, 6.45) is 3.92. The molecule has 25 heavy (non-hydrogen) atoms. The summed E-state index contributed by atoms with van der Waals surface area (Å²) in [6, 6.07) is 0. The molecule has 0 aliphatic carbocycles. The first-order chi connectivity index (χ1) is 12.1. The number of rotatable bonds is 11. The fourth-order valence-corrected chi connectivity index (χ4v) is 2.39. The Balaban J connectivity index is 2.70. The quantitative estimate of drug-likeness (QED) is 0.439. The van der Waals surface area contributed by atoms with Gasteiger partial charge in [0, 0.05) is 24.7 Å². The fourth-order valence-electron chi connectivity index (χ4n) is 1.76. The number of aromatic nitrogens is 1. The predicted molar refractivity (Wildman–Crippen MR) is 93.3 cm³/mol. The first-order valence-corrected chi connectivity index (χ1v) is 8.37. The van der Waals surface area contributed by atoms with E-state index in [1.54, 1.807) is 11.6 Å². The average Bonchev–Trinajstić information content (AvgIpc) is 3.12. The van der Waals surface area contributed by atoms with Crippen molar-refractivity contribution in [3.05, 3.63) is 41.9 Å². The van der Waals surface area contributed by atoms with E-state index in [9.17, 15) is 14.4 Å². The second kappa shape index (κ2) is 11.8. The highest BCUT2D eigenvalue weighted by Gasteiger charge is 2.20. The molecule has 2 amide bonds. The van der Waals surface area contributed by atoms with Gasteiger partial charge in [-0.1, -0.05) is 25.3 Å². The molecule has 0 bridgehead atoms. The van der Waals surface area contributed by atoms with E-state index in [0.717, 1.165) is 5.01 Å². The van der Waals surface area contributed by atoms with Crippen molar-refractivity contribution in [2.24, 2.45) is 0 Å². The predicted octanol–water partition coefficient (Wildman–Crippen LogP) is 2.09. The monoisotopic (exact) mass is 367 g/mol. The zero-order valence-electron chi connectivity index (χ0n) is 13.8. The van der Waals surface area contributed by atoms with Crippen molar-refractivity contribution < 1.29 is 23.9 Å². The number of carbonyl (C=O) groups excluding carboxylic acids is 3. The number of thiazole rings is 1. The number of hydrogen-bond donors (Lipinski definition) is 0. The molecule has 0 aromatic carbocycles. The molecular weight excluding hydrogens is 346 g/mol. The summed E-state index contributed by atoms with van der Waals surface area (Å²) in [7, 11) is 0. The third-order valence-electron chi connectivity index (χ3n) is 2.91. The van der Waals surface area contributed by atoms with Crippen LogP contribution in [-0.2, 0) is 20.8 Å². The minimum Gasteiger partial charge on any atom is -0.445 e. The molecule has 8 nitrogen and oxygen atoms in total. The SMILES string of the molecule is C=CCOC(=O)N(CC=O)CCN(Cc1nccs1)C(=O)OCC=C. The average molecular weight is 367 g/mol. The van der Waals surface area contributed by atoms with Crippen LogP contribution in [0.4, 0.5) is 9.59 Å². The lowest BCUT2D eigenvalue weighted by Crippen LogP contribution is -2.42. The summed E-state index contributed by atoms with van der Waals surface area (Å²) < 4.78 is 9.97. The third-order valence-corrected chi connectivity index (χ3v) is 3.67. The third kappa shape index (κ3) is 7.62. The number of nitrogens with zero attached hydrogens (tertiary/aromatic N) is 3. The summed E-state index contributed by atoms with van der Waals surface area (Å²) in [5.74, 6) is 0. The first kappa shape index (κ1) is 20.4. The highest BCUT2D eigenvalue weighted by atomic mass is 32.1. The maximum Gasteiger partial charge on any atom is 0.410 e. The topological polar surface area (TPSA) is 89.0 Å². The van der Waals surface area contributed by atoms with Gasteiger partial charge in [-0.2, -0.15) is 0 Å². The molecule has 1 rings (SSSR count). The highest BCUT2D eigenvalue weighted by molar-refractivity contribution is 7.09. The van der Waals surface area contributed by atoms with Gasteiger partial charge in [-0.25, -0.2) is 14.6 Å².